The van der Waals surface area contributed by atoms with Gasteiger partial charge in [-0.05, 0) is 39.2 Å². The Hall–Kier alpha value is -2.59. The van der Waals surface area contributed by atoms with Gasteiger partial charge in [0.05, 0.1) is 5.56 Å². The van der Waals surface area contributed by atoms with Crippen LogP contribution in [0.4, 0.5) is 0 Å². The summed E-state index contributed by atoms with van der Waals surface area (Å²) in [5, 5.41) is 0. The summed E-state index contributed by atoms with van der Waals surface area (Å²) in [6.07, 6.45) is 0.778. The van der Waals surface area contributed by atoms with E-state index in [4.69, 9.17) is 9.47 Å². The highest BCUT2D eigenvalue weighted by Gasteiger charge is 2.15. The lowest BCUT2D eigenvalue weighted by Crippen LogP contribution is -2.03. The van der Waals surface area contributed by atoms with Gasteiger partial charge in [-0.2, -0.15) is 0 Å². The third-order valence-corrected chi connectivity index (χ3v) is 4.38. The molecule has 3 nitrogen and oxygen atoms in total. The van der Waals surface area contributed by atoms with Gasteiger partial charge in [0.15, 0.2) is 17.8 Å². The van der Waals surface area contributed by atoms with Crippen molar-refractivity contribution in [2.24, 2.45) is 0 Å². The van der Waals surface area contributed by atoms with Gasteiger partial charge in [-0.15, -0.1) is 0 Å². The number of aldehydes is 1. The van der Waals surface area contributed by atoms with Gasteiger partial charge >= 0.3 is 0 Å². The zero-order chi connectivity index (χ0) is 17.5. The summed E-state index contributed by atoms with van der Waals surface area (Å²) in [6, 6.07) is 23.3. The molecule has 0 saturated heterocycles. The largest absolute Gasteiger partial charge is 0.485 e. The Morgan fingerprint density at radius 3 is 1.88 bits per heavy atom. The van der Waals surface area contributed by atoms with Crippen LogP contribution in [0.15, 0.2) is 77.3 Å². The maximum Gasteiger partial charge on any atom is 0.173 e. The van der Waals surface area contributed by atoms with E-state index >= 15 is 0 Å². The van der Waals surface area contributed by atoms with Crippen LogP contribution >= 0.6 is 15.9 Å². The van der Waals surface area contributed by atoms with Crippen molar-refractivity contribution in [2.45, 2.75) is 13.2 Å². The van der Waals surface area contributed by atoms with Crippen molar-refractivity contribution in [2.75, 3.05) is 0 Å². The number of halogens is 1. The predicted molar refractivity (Wildman–Crippen MR) is 101 cm³/mol. The minimum atomic E-state index is 0.361. The zero-order valence-electron chi connectivity index (χ0n) is 13.5. The van der Waals surface area contributed by atoms with E-state index in [1.165, 1.54) is 0 Å². The lowest BCUT2D eigenvalue weighted by Gasteiger charge is -2.15. The van der Waals surface area contributed by atoms with E-state index in [1.54, 1.807) is 12.1 Å². The summed E-state index contributed by atoms with van der Waals surface area (Å²) in [6.45, 7) is 0.766. The number of rotatable bonds is 7. The first-order valence-corrected chi connectivity index (χ1v) is 8.68. The fourth-order valence-corrected chi connectivity index (χ4v) is 2.80. The molecule has 0 radical (unpaired) electrons. The molecule has 3 aromatic carbocycles. The molecule has 0 spiro atoms. The third-order valence-electron chi connectivity index (χ3n) is 3.69. The van der Waals surface area contributed by atoms with Crippen molar-refractivity contribution in [3.05, 3.63) is 94.0 Å². The molecule has 0 bridgehead atoms. The monoisotopic (exact) mass is 396 g/mol. The molecule has 126 valence electrons. The minimum absolute atomic E-state index is 0.361. The lowest BCUT2D eigenvalue weighted by atomic mass is 10.2. The Morgan fingerprint density at radius 2 is 1.32 bits per heavy atom. The number of ether oxygens (including phenoxy) is 2. The Balaban J connectivity index is 1.82. The van der Waals surface area contributed by atoms with Gasteiger partial charge in [0.1, 0.15) is 13.2 Å². The van der Waals surface area contributed by atoms with Gasteiger partial charge in [-0.3, -0.25) is 4.79 Å². The number of hydrogen-bond donors (Lipinski definition) is 0. The Morgan fingerprint density at radius 1 is 0.760 bits per heavy atom. The molecule has 0 aliphatic heterocycles. The average Bonchev–Trinajstić information content (AvgIpc) is 2.67. The van der Waals surface area contributed by atoms with E-state index in [1.807, 2.05) is 60.7 Å². The quantitative estimate of drug-likeness (QED) is 0.500. The van der Waals surface area contributed by atoms with Crippen LogP contribution in [-0.2, 0) is 13.2 Å². The summed E-state index contributed by atoms with van der Waals surface area (Å²) in [4.78, 5) is 11.5. The zero-order valence-corrected chi connectivity index (χ0v) is 15.1. The third kappa shape index (κ3) is 4.48. The average molecular weight is 397 g/mol. The first kappa shape index (κ1) is 17.2. The van der Waals surface area contributed by atoms with Crippen LogP contribution in [0.2, 0.25) is 0 Å². The van der Waals surface area contributed by atoms with Gasteiger partial charge < -0.3 is 9.47 Å². The second-order valence-corrected chi connectivity index (χ2v) is 6.31. The van der Waals surface area contributed by atoms with Crippen molar-refractivity contribution in [1.82, 2.24) is 0 Å². The highest BCUT2D eigenvalue weighted by molar-refractivity contribution is 9.10. The highest BCUT2D eigenvalue weighted by Crippen LogP contribution is 2.36. The first-order chi connectivity index (χ1) is 12.3. The molecule has 0 unspecified atom stereocenters. The molecule has 0 aliphatic carbocycles. The van der Waals surface area contributed by atoms with E-state index in [-0.39, 0.29) is 0 Å². The Labute approximate surface area is 155 Å². The summed E-state index contributed by atoms with van der Waals surface area (Å²) < 4.78 is 12.5. The molecule has 3 aromatic rings. The SMILES string of the molecule is O=Cc1c(Br)ccc(OCc2ccccc2)c1OCc1ccccc1. The molecule has 0 amide bonds. The van der Waals surface area contributed by atoms with Crippen LogP contribution < -0.4 is 9.47 Å². The van der Waals surface area contributed by atoms with Crippen LogP contribution in [0.5, 0.6) is 11.5 Å². The van der Waals surface area contributed by atoms with Crippen LogP contribution in [0, 0.1) is 0 Å². The van der Waals surface area contributed by atoms with E-state index in [9.17, 15) is 4.79 Å². The molecular weight excluding hydrogens is 380 g/mol. The summed E-state index contributed by atoms with van der Waals surface area (Å²) >= 11 is 3.40. The van der Waals surface area contributed by atoms with Gasteiger partial charge in [0.2, 0.25) is 0 Å². The summed E-state index contributed by atoms with van der Waals surface area (Å²) in [5.41, 5.74) is 2.52. The molecule has 0 N–H and O–H groups in total. The second-order valence-electron chi connectivity index (χ2n) is 5.45. The molecular formula is C21H17BrO3. The van der Waals surface area contributed by atoms with E-state index in [2.05, 4.69) is 15.9 Å². The summed E-state index contributed by atoms with van der Waals surface area (Å²) in [7, 11) is 0. The molecule has 25 heavy (non-hydrogen) atoms. The molecule has 0 fully saturated rings. The van der Waals surface area contributed by atoms with Crippen molar-refractivity contribution < 1.29 is 14.3 Å². The smallest absolute Gasteiger partial charge is 0.173 e. The van der Waals surface area contributed by atoms with Crippen LogP contribution in [-0.4, -0.2) is 6.29 Å². The molecule has 0 atom stereocenters. The molecule has 3 rings (SSSR count). The van der Waals surface area contributed by atoms with E-state index in [0.717, 1.165) is 17.4 Å². The maximum atomic E-state index is 11.5. The van der Waals surface area contributed by atoms with Crippen LogP contribution in [0.3, 0.4) is 0 Å². The predicted octanol–water partition coefficient (Wildman–Crippen LogP) is 5.42. The van der Waals surface area contributed by atoms with Crippen molar-refractivity contribution in [3.63, 3.8) is 0 Å². The summed E-state index contributed by atoms with van der Waals surface area (Å²) in [5.74, 6) is 0.995. The molecule has 0 heterocycles. The van der Waals surface area contributed by atoms with Gasteiger partial charge in [-0.1, -0.05) is 60.7 Å². The lowest BCUT2D eigenvalue weighted by molar-refractivity contribution is 0.111. The molecule has 0 aliphatic rings. The fourth-order valence-electron chi connectivity index (χ4n) is 2.39. The van der Waals surface area contributed by atoms with Gasteiger partial charge in [0.25, 0.3) is 0 Å². The molecule has 0 aromatic heterocycles. The van der Waals surface area contributed by atoms with Crippen LogP contribution in [0.25, 0.3) is 0 Å². The fraction of sp³-hybridized carbons (Fsp3) is 0.0952. The standard InChI is InChI=1S/C21H17BrO3/c22-19-11-12-20(24-14-16-7-3-1-4-8-16)21(18(19)13-23)25-15-17-9-5-2-6-10-17/h1-13H,14-15H2. The number of benzene rings is 3. The number of hydrogen-bond acceptors (Lipinski definition) is 3. The topological polar surface area (TPSA) is 35.5 Å². The molecule has 4 heteroatoms. The number of carbonyl (C=O) groups is 1. The highest BCUT2D eigenvalue weighted by atomic mass is 79.9. The molecule has 0 saturated carbocycles. The minimum Gasteiger partial charge on any atom is -0.485 e. The van der Waals surface area contributed by atoms with E-state index < -0.39 is 0 Å². The van der Waals surface area contributed by atoms with Crippen molar-refractivity contribution in [1.29, 1.82) is 0 Å². The Bertz CT molecular complexity index is 833. The maximum absolute atomic E-state index is 11.5. The Kier molecular flexibility index (Phi) is 5.86. The van der Waals surface area contributed by atoms with E-state index in [0.29, 0.717) is 34.7 Å². The van der Waals surface area contributed by atoms with Gasteiger partial charge in [0, 0.05) is 4.47 Å². The van der Waals surface area contributed by atoms with Gasteiger partial charge in [-0.25, -0.2) is 0 Å². The number of carbonyl (C=O) groups excluding carboxylic acids is 1. The normalized spacial score (nSPS) is 10.3. The van der Waals surface area contributed by atoms with Crippen molar-refractivity contribution in [3.8, 4) is 11.5 Å². The van der Waals surface area contributed by atoms with Crippen molar-refractivity contribution >= 4 is 22.2 Å². The first-order valence-electron chi connectivity index (χ1n) is 7.89. The second kappa shape index (κ2) is 8.49. The van der Waals surface area contributed by atoms with Crippen LogP contribution in [0.1, 0.15) is 21.5 Å².